The number of aromatic nitrogens is 2. The number of halogens is 1. The normalized spacial score (nSPS) is 16.0. The number of nitrogens with one attached hydrogen (secondary N) is 1. The number of anilines is 1. The molecular weight excluding hydrogens is 433 g/mol. The van der Waals surface area contributed by atoms with Gasteiger partial charge < -0.3 is 5.32 Å². The third-order valence-electron chi connectivity index (χ3n) is 4.74. The van der Waals surface area contributed by atoms with E-state index in [4.69, 9.17) is 4.98 Å². The molecular formula is C22H16IN3. The van der Waals surface area contributed by atoms with Gasteiger partial charge >= 0.3 is 0 Å². The largest absolute Gasteiger partial charge is 0.325 e. The second kappa shape index (κ2) is 6.29. The van der Waals surface area contributed by atoms with Gasteiger partial charge in [-0.25, -0.2) is 4.98 Å². The quantitative estimate of drug-likeness (QED) is 0.398. The van der Waals surface area contributed by atoms with Crippen molar-refractivity contribution in [2.24, 2.45) is 0 Å². The summed E-state index contributed by atoms with van der Waals surface area (Å²) in [7, 11) is 0. The summed E-state index contributed by atoms with van der Waals surface area (Å²) in [6.07, 6.45) is 2.29. The summed E-state index contributed by atoms with van der Waals surface area (Å²) in [5.74, 6) is 0.885. The molecule has 1 N–H and O–H groups in total. The van der Waals surface area contributed by atoms with E-state index in [1.807, 2.05) is 6.07 Å². The van der Waals surface area contributed by atoms with E-state index in [0.717, 1.165) is 22.7 Å². The van der Waals surface area contributed by atoms with Crippen LogP contribution < -0.4 is 5.32 Å². The van der Waals surface area contributed by atoms with Crippen molar-refractivity contribution in [3.05, 3.63) is 99.6 Å². The summed E-state index contributed by atoms with van der Waals surface area (Å²) in [5.41, 5.74) is 5.67. The van der Waals surface area contributed by atoms with Gasteiger partial charge in [0.2, 0.25) is 5.95 Å². The molecule has 0 radical (unpaired) electrons. The van der Waals surface area contributed by atoms with E-state index in [1.165, 1.54) is 14.7 Å². The number of hydrogen-bond acceptors (Lipinski definition) is 2. The summed E-state index contributed by atoms with van der Waals surface area (Å²) in [5, 5.41) is 3.53. The molecule has 0 aliphatic carbocycles. The molecule has 1 aliphatic heterocycles. The average molecular weight is 449 g/mol. The van der Waals surface area contributed by atoms with Crippen LogP contribution in [0.1, 0.15) is 17.2 Å². The molecule has 2 heterocycles. The van der Waals surface area contributed by atoms with Crippen LogP contribution in [0.15, 0.2) is 84.9 Å². The fourth-order valence-corrected chi connectivity index (χ4v) is 3.86. The maximum absolute atomic E-state index is 4.83. The molecule has 0 unspecified atom stereocenters. The minimum absolute atomic E-state index is 0.106. The Kier molecular flexibility index (Phi) is 3.78. The van der Waals surface area contributed by atoms with Crippen LogP contribution in [0.2, 0.25) is 0 Å². The Hall–Kier alpha value is -2.60. The van der Waals surface area contributed by atoms with Crippen molar-refractivity contribution in [1.82, 2.24) is 9.55 Å². The number of allylic oxidation sites excluding steroid dienone is 1. The Morgan fingerprint density at radius 1 is 0.846 bits per heavy atom. The Bertz CT molecular complexity index is 1110. The average Bonchev–Trinajstić information content (AvgIpc) is 3.07. The standard InChI is InChI=1S/C22H16IN3/c23-17-12-10-15(11-13-17)19-14-21(16-6-2-1-3-7-16)26-20-9-5-4-8-18(20)24-22(26)25-19/h1-14,21H,(H,24,25)/t21-/m0/s1. The van der Waals surface area contributed by atoms with E-state index in [2.05, 4.69) is 111 Å². The molecule has 0 fully saturated rings. The molecule has 1 aliphatic rings. The Morgan fingerprint density at radius 3 is 2.38 bits per heavy atom. The lowest BCUT2D eigenvalue weighted by Gasteiger charge is -2.26. The molecule has 0 saturated heterocycles. The van der Waals surface area contributed by atoms with Gasteiger partial charge in [-0.05, 0) is 64.1 Å². The van der Waals surface area contributed by atoms with Crippen molar-refractivity contribution in [1.29, 1.82) is 0 Å². The second-order valence-corrected chi connectivity index (χ2v) is 7.61. The van der Waals surface area contributed by atoms with E-state index < -0.39 is 0 Å². The van der Waals surface area contributed by atoms with Crippen molar-refractivity contribution >= 4 is 45.3 Å². The maximum Gasteiger partial charge on any atom is 0.209 e. The summed E-state index contributed by atoms with van der Waals surface area (Å²) < 4.78 is 3.51. The zero-order chi connectivity index (χ0) is 17.5. The van der Waals surface area contributed by atoms with Crippen molar-refractivity contribution in [3.8, 4) is 0 Å². The summed E-state index contributed by atoms with van der Waals surface area (Å²) >= 11 is 2.33. The number of rotatable bonds is 2. The van der Waals surface area contributed by atoms with Crippen molar-refractivity contribution in [3.63, 3.8) is 0 Å². The van der Waals surface area contributed by atoms with Gasteiger partial charge in [-0.1, -0.05) is 54.6 Å². The summed E-state index contributed by atoms with van der Waals surface area (Å²) in [4.78, 5) is 4.83. The van der Waals surface area contributed by atoms with Gasteiger partial charge in [-0.15, -0.1) is 0 Å². The van der Waals surface area contributed by atoms with E-state index in [1.54, 1.807) is 0 Å². The zero-order valence-corrected chi connectivity index (χ0v) is 16.1. The SMILES string of the molecule is Ic1ccc(C2=C[C@@H](c3ccccc3)n3c(nc4ccccc43)N2)cc1. The van der Waals surface area contributed by atoms with Crippen LogP contribution in [-0.2, 0) is 0 Å². The first-order valence-electron chi connectivity index (χ1n) is 8.56. The van der Waals surface area contributed by atoms with Gasteiger partial charge in [0.1, 0.15) is 0 Å². The molecule has 1 atom stereocenters. The van der Waals surface area contributed by atoms with Gasteiger partial charge in [-0.3, -0.25) is 4.57 Å². The molecule has 5 rings (SSSR count). The highest BCUT2D eigenvalue weighted by Crippen LogP contribution is 2.36. The third kappa shape index (κ3) is 2.61. The second-order valence-electron chi connectivity index (χ2n) is 6.36. The molecule has 126 valence electrons. The Labute approximate surface area is 165 Å². The molecule has 0 spiro atoms. The molecule has 26 heavy (non-hydrogen) atoms. The van der Waals surface area contributed by atoms with Crippen LogP contribution in [0.5, 0.6) is 0 Å². The van der Waals surface area contributed by atoms with Crippen molar-refractivity contribution in [2.75, 3.05) is 5.32 Å². The van der Waals surface area contributed by atoms with Gasteiger partial charge in [-0.2, -0.15) is 0 Å². The molecule has 3 nitrogen and oxygen atoms in total. The topological polar surface area (TPSA) is 29.9 Å². The van der Waals surface area contributed by atoms with Crippen molar-refractivity contribution < 1.29 is 0 Å². The van der Waals surface area contributed by atoms with Crippen LogP contribution >= 0.6 is 22.6 Å². The monoisotopic (exact) mass is 449 g/mol. The predicted molar refractivity (Wildman–Crippen MR) is 115 cm³/mol. The lowest BCUT2D eigenvalue weighted by molar-refractivity contribution is 0.720. The highest BCUT2D eigenvalue weighted by Gasteiger charge is 2.25. The van der Waals surface area contributed by atoms with Gasteiger partial charge in [0, 0.05) is 9.27 Å². The summed E-state index contributed by atoms with van der Waals surface area (Å²) in [6.45, 7) is 0. The molecule has 3 aromatic carbocycles. The minimum Gasteiger partial charge on any atom is -0.325 e. The Balaban J connectivity index is 1.72. The van der Waals surface area contributed by atoms with E-state index in [9.17, 15) is 0 Å². The minimum atomic E-state index is 0.106. The van der Waals surface area contributed by atoms with Crippen LogP contribution in [-0.4, -0.2) is 9.55 Å². The van der Waals surface area contributed by atoms with Gasteiger partial charge in [0.25, 0.3) is 0 Å². The number of hydrogen-bond donors (Lipinski definition) is 1. The van der Waals surface area contributed by atoms with Gasteiger partial charge in [0.05, 0.1) is 17.1 Å². The van der Waals surface area contributed by atoms with Crippen molar-refractivity contribution in [2.45, 2.75) is 6.04 Å². The van der Waals surface area contributed by atoms with E-state index >= 15 is 0 Å². The first-order chi connectivity index (χ1) is 12.8. The smallest absolute Gasteiger partial charge is 0.209 e. The number of benzene rings is 3. The lowest BCUT2D eigenvalue weighted by atomic mass is 10.0. The first kappa shape index (κ1) is 15.6. The highest BCUT2D eigenvalue weighted by atomic mass is 127. The highest BCUT2D eigenvalue weighted by molar-refractivity contribution is 14.1. The fraction of sp³-hybridized carbons (Fsp3) is 0.0455. The molecule has 0 bridgehead atoms. The maximum atomic E-state index is 4.83. The van der Waals surface area contributed by atoms with E-state index in [0.29, 0.717) is 0 Å². The van der Waals surface area contributed by atoms with Crippen LogP contribution in [0.3, 0.4) is 0 Å². The Morgan fingerprint density at radius 2 is 1.58 bits per heavy atom. The predicted octanol–water partition coefficient (Wildman–Crippen LogP) is 5.70. The number of fused-ring (bicyclic) bond motifs is 3. The van der Waals surface area contributed by atoms with Gasteiger partial charge in [0.15, 0.2) is 0 Å². The molecule has 4 heteroatoms. The number of imidazole rings is 1. The molecule has 1 aromatic heterocycles. The van der Waals surface area contributed by atoms with Crippen LogP contribution in [0.25, 0.3) is 16.7 Å². The fourth-order valence-electron chi connectivity index (χ4n) is 3.50. The summed E-state index contributed by atoms with van der Waals surface area (Å²) in [6, 6.07) is 27.6. The number of para-hydroxylation sites is 2. The molecule has 4 aromatic rings. The zero-order valence-electron chi connectivity index (χ0n) is 13.9. The molecule has 0 amide bonds. The number of nitrogens with zero attached hydrogens (tertiary/aromatic N) is 2. The lowest BCUT2D eigenvalue weighted by Crippen LogP contribution is -2.19. The molecule has 0 saturated carbocycles. The van der Waals surface area contributed by atoms with Crippen LogP contribution in [0.4, 0.5) is 5.95 Å². The third-order valence-corrected chi connectivity index (χ3v) is 5.46. The van der Waals surface area contributed by atoms with Crippen LogP contribution in [0, 0.1) is 3.57 Å². The first-order valence-corrected chi connectivity index (χ1v) is 9.64. The van der Waals surface area contributed by atoms with E-state index in [-0.39, 0.29) is 6.04 Å².